The Bertz CT molecular complexity index is 430. The Balaban J connectivity index is 2.76. The van der Waals surface area contributed by atoms with E-state index in [0.717, 1.165) is 12.1 Å². The van der Waals surface area contributed by atoms with E-state index in [0.29, 0.717) is 18.8 Å². The first-order chi connectivity index (χ1) is 8.65. The van der Waals surface area contributed by atoms with Gasteiger partial charge >= 0.3 is 6.18 Å². The Morgan fingerprint density at radius 1 is 1.26 bits per heavy atom. The lowest BCUT2D eigenvalue weighted by atomic mass is 10.1. The Morgan fingerprint density at radius 2 is 1.89 bits per heavy atom. The van der Waals surface area contributed by atoms with Gasteiger partial charge in [-0.3, -0.25) is 0 Å². The van der Waals surface area contributed by atoms with Crippen LogP contribution < -0.4 is 11.1 Å². The second kappa shape index (κ2) is 5.69. The number of benzene rings is 1. The van der Waals surface area contributed by atoms with Crippen LogP contribution in [0.3, 0.4) is 0 Å². The first-order valence-electron chi connectivity index (χ1n) is 6.00. The Morgan fingerprint density at radius 3 is 2.37 bits per heavy atom. The second-order valence-corrected chi connectivity index (χ2v) is 4.85. The van der Waals surface area contributed by atoms with Crippen LogP contribution in [0.25, 0.3) is 0 Å². The smallest absolute Gasteiger partial charge is 0.397 e. The molecule has 0 aliphatic rings. The molecule has 0 atom stereocenters. The van der Waals surface area contributed by atoms with Gasteiger partial charge in [0, 0.05) is 13.2 Å². The Hall–Kier alpha value is -1.43. The predicted molar refractivity (Wildman–Crippen MR) is 70.1 cm³/mol. The summed E-state index contributed by atoms with van der Waals surface area (Å²) in [6.45, 7) is 6.69. The topological polar surface area (TPSA) is 47.3 Å². The highest BCUT2D eigenvalue weighted by molar-refractivity contribution is 5.67. The van der Waals surface area contributed by atoms with Crippen molar-refractivity contribution in [3.05, 3.63) is 23.8 Å². The molecule has 3 nitrogen and oxygen atoms in total. The number of hydrogen-bond acceptors (Lipinski definition) is 3. The van der Waals surface area contributed by atoms with E-state index in [1.54, 1.807) is 0 Å². The molecule has 3 N–H and O–H groups in total. The van der Waals surface area contributed by atoms with E-state index < -0.39 is 17.3 Å². The van der Waals surface area contributed by atoms with Crippen molar-refractivity contribution < 1.29 is 17.9 Å². The number of alkyl halides is 3. The molecule has 0 aliphatic heterocycles. The molecule has 0 heterocycles. The summed E-state index contributed by atoms with van der Waals surface area (Å²) in [6, 6.07) is 3.27. The molecule has 0 bridgehead atoms. The molecule has 0 unspecified atom stereocenters. The molecule has 0 saturated heterocycles. The summed E-state index contributed by atoms with van der Waals surface area (Å²) in [4.78, 5) is 0. The minimum Gasteiger partial charge on any atom is -0.397 e. The maximum atomic E-state index is 12.5. The monoisotopic (exact) mass is 276 g/mol. The van der Waals surface area contributed by atoms with Gasteiger partial charge in [-0.2, -0.15) is 13.2 Å². The molecule has 0 fully saturated rings. The highest BCUT2D eigenvalue weighted by Gasteiger charge is 2.30. The summed E-state index contributed by atoms with van der Waals surface area (Å²) in [5.74, 6) is 0. The maximum absolute atomic E-state index is 12.5. The van der Waals surface area contributed by atoms with Gasteiger partial charge < -0.3 is 15.8 Å². The lowest BCUT2D eigenvalue weighted by molar-refractivity contribution is -0.137. The summed E-state index contributed by atoms with van der Waals surface area (Å²) in [6.07, 6.45) is -4.38. The fourth-order valence-electron chi connectivity index (χ4n) is 1.65. The Labute approximate surface area is 110 Å². The van der Waals surface area contributed by atoms with E-state index in [1.165, 1.54) is 6.07 Å². The van der Waals surface area contributed by atoms with Crippen molar-refractivity contribution >= 4 is 11.4 Å². The number of nitrogens with one attached hydrogen (secondary N) is 1. The number of nitrogen functional groups attached to an aromatic ring is 1. The molecule has 1 aromatic carbocycles. The molecular formula is C13H19F3N2O. The van der Waals surface area contributed by atoms with E-state index in [2.05, 4.69) is 5.32 Å². The molecule has 0 radical (unpaired) electrons. The lowest BCUT2D eigenvalue weighted by Crippen LogP contribution is -2.33. The maximum Gasteiger partial charge on any atom is 0.416 e. The molecular weight excluding hydrogens is 257 g/mol. The van der Waals surface area contributed by atoms with Crippen molar-refractivity contribution in [3.8, 4) is 0 Å². The molecule has 0 spiro atoms. The Kier molecular flexibility index (Phi) is 4.68. The summed E-state index contributed by atoms with van der Waals surface area (Å²) in [7, 11) is 0. The van der Waals surface area contributed by atoms with Crippen molar-refractivity contribution in [1.29, 1.82) is 0 Å². The number of hydrogen-bond donors (Lipinski definition) is 2. The van der Waals surface area contributed by atoms with Crippen LogP contribution in [0.15, 0.2) is 18.2 Å². The molecule has 0 aromatic heterocycles. The number of rotatable bonds is 5. The van der Waals surface area contributed by atoms with Gasteiger partial charge in [-0.1, -0.05) is 0 Å². The standard InChI is InChI=1S/C13H19F3N2O/c1-4-19-12(2,3)8-18-11-6-5-9(7-10(11)17)13(14,15)16/h5-7,18H,4,8,17H2,1-3H3. The third-order valence-corrected chi connectivity index (χ3v) is 2.62. The van der Waals surface area contributed by atoms with Crippen LogP contribution in [0.4, 0.5) is 24.5 Å². The third kappa shape index (κ3) is 4.63. The quantitative estimate of drug-likeness (QED) is 0.809. The van der Waals surface area contributed by atoms with Crippen molar-refractivity contribution in [2.45, 2.75) is 32.5 Å². The first kappa shape index (κ1) is 15.6. The van der Waals surface area contributed by atoms with Crippen LogP contribution in [0, 0.1) is 0 Å². The zero-order valence-electron chi connectivity index (χ0n) is 11.3. The minimum absolute atomic E-state index is 0.0714. The molecule has 1 aromatic rings. The van der Waals surface area contributed by atoms with E-state index in [1.807, 2.05) is 20.8 Å². The van der Waals surface area contributed by atoms with E-state index in [4.69, 9.17) is 10.5 Å². The number of ether oxygens (including phenoxy) is 1. The summed E-state index contributed by atoms with van der Waals surface area (Å²) < 4.78 is 42.9. The van der Waals surface area contributed by atoms with Crippen LogP contribution in [-0.2, 0) is 10.9 Å². The number of anilines is 2. The zero-order valence-corrected chi connectivity index (χ0v) is 11.3. The summed E-state index contributed by atoms with van der Waals surface area (Å²) >= 11 is 0. The minimum atomic E-state index is -4.38. The first-order valence-corrected chi connectivity index (χ1v) is 6.00. The van der Waals surface area contributed by atoms with Gasteiger partial charge in [-0.15, -0.1) is 0 Å². The fourth-order valence-corrected chi connectivity index (χ4v) is 1.65. The van der Waals surface area contributed by atoms with E-state index in [-0.39, 0.29) is 5.69 Å². The van der Waals surface area contributed by atoms with Crippen LogP contribution in [0.5, 0.6) is 0 Å². The van der Waals surface area contributed by atoms with Crippen molar-refractivity contribution in [2.75, 3.05) is 24.2 Å². The van der Waals surface area contributed by atoms with Gasteiger partial charge in [0.05, 0.1) is 22.5 Å². The molecule has 0 amide bonds. The molecule has 0 aliphatic carbocycles. The zero-order chi connectivity index (χ0) is 14.7. The second-order valence-electron chi connectivity index (χ2n) is 4.85. The normalized spacial score (nSPS) is 12.5. The largest absolute Gasteiger partial charge is 0.416 e. The SMILES string of the molecule is CCOC(C)(C)CNc1ccc(C(F)(F)F)cc1N. The lowest BCUT2D eigenvalue weighted by Gasteiger charge is -2.26. The van der Waals surface area contributed by atoms with Gasteiger partial charge in [-0.25, -0.2) is 0 Å². The van der Waals surface area contributed by atoms with Gasteiger partial charge in [0.15, 0.2) is 0 Å². The number of halogens is 3. The average molecular weight is 276 g/mol. The highest BCUT2D eigenvalue weighted by atomic mass is 19.4. The van der Waals surface area contributed by atoms with Gasteiger partial charge in [-0.05, 0) is 39.0 Å². The molecule has 6 heteroatoms. The van der Waals surface area contributed by atoms with Crippen LogP contribution in [-0.4, -0.2) is 18.8 Å². The highest BCUT2D eigenvalue weighted by Crippen LogP contribution is 2.32. The van der Waals surface area contributed by atoms with Crippen molar-refractivity contribution in [1.82, 2.24) is 0 Å². The van der Waals surface area contributed by atoms with E-state index >= 15 is 0 Å². The molecule has 1 rings (SSSR count). The van der Waals surface area contributed by atoms with Crippen molar-refractivity contribution in [3.63, 3.8) is 0 Å². The molecule has 108 valence electrons. The van der Waals surface area contributed by atoms with E-state index in [9.17, 15) is 13.2 Å². The summed E-state index contributed by atoms with van der Waals surface area (Å²) in [5, 5.41) is 3.00. The van der Waals surface area contributed by atoms with Gasteiger partial charge in [0.25, 0.3) is 0 Å². The van der Waals surface area contributed by atoms with Gasteiger partial charge in [0.2, 0.25) is 0 Å². The van der Waals surface area contributed by atoms with Crippen LogP contribution >= 0.6 is 0 Å². The predicted octanol–water partition coefficient (Wildman–Crippen LogP) is 3.51. The van der Waals surface area contributed by atoms with Gasteiger partial charge in [0.1, 0.15) is 0 Å². The molecule has 19 heavy (non-hydrogen) atoms. The van der Waals surface area contributed by atoms with Crippen LogP contribution in [0.2, 0.25) is 0 Å². The number of nitrogens with two attached hydrogens (primary N) is 1. The fraction of sp³-hybridized carbons (Fsp3) is 0.538. The summed E-state index contributed by atoms with van der Waals surface area (Å²) in [5.41, 5.74) is 5.00. The van der Waals surface area contributed by atoms with Crippen molar-refractivity contribution in [2.24, 2.45) is 0 Å². The van der Waals surface area contributed by atoms with Crippen LogP contribution in [0.1, 0.15) is 26.3 Å². The average Bonchev–Trinajstić information content (AvgIpc) is 2.26. The third-order valence-electron chi connectivity index (χ3n) is 2.62. The molecule has 0 saturated carbocycles.